The van der Waals surface area contributed by atoms with Crippen LogP contribution in [-0.4, -0.2) is 37.6 Å². The van der Waals surface area contributed by atoms with Crippen LogP contribution >= 0.6 is 0 Å². The van der Waals surface area contributed by atoms with Gasteiger partial charge in [-0.1, -0.05) is 26.8 Å². The van der Waals surface area contributed by atoms with E-state index in [-0.39, 0.29) is 17.2 Å². The molecule has 0 aromatic heterocycles. The Labute approximate surface area is 130 Å². The monoisotopic (exact) mass is 313 g/mol. The first kappa shape index (κ1) is 18.2. The molecule has 1 heterocycles. The minimum atomic E-state index is -1.79. The molecule has 5 heteroatoms. The SMILES string of the molecule is CC(C)(C)OC(=O)N1C=CCC1CO[Si](C)(C)C(C)(C)C. The van der Waals surface area contributed by atoms with Gasteiger partial charge in [0.2, 0.25) is 0 Å². The highest BCUT2D eigenvalue weighted by Gasteiger charge is 2.39. The second kappa shape index (κ2) is 6.13. The summed E-state index contributed by atoms with van der Waals surface area (Å²) in [5.74, 6) is 0. The lowest BCUT2D eigenvalue weighted by Crippen LogP contribution is -2.46. The van der Waals surface area contributed by atoms with E-state index < -0.39 is 13.9 Å². The number of nitrogens with zero attached hydrogens (tertiary/aromatic N) is 1. The summed E-state index contributed by atoms with van der Waals surface area (Å²) in [5, 5.41) is 0.176. The maximum atomic E-state index is 12.2. The molecule has 0 radical (unpaired) electrons. The molecule has 1 aliphatic heterocycles. The van der Waals surface area contributed by atoms with Crippen LogP contribution in [0, 0.1) is 0 Å². The molecular formula is C16H31NO3Si. The van der Waals surface area contributed by atoms with E-state index in [2.05, 4.69) is 33.9 Å². The van der Waals surface area contributed by atoms with Gasteiger partial charge in [-0.25, -0.2) is 4.79 Å². The van der Waals surface area contributed by atoms with Gasteiger partial charge in [0.25, 0.3) is 0 Å². The molecule has 1 atom stereocenters. The standard InChI is InChI=1S/C16H31NO3Si/c1-15(2,3)20-14(18)17-11-9-10-13(17)12-19-21(7,8)16(4,5)6/h9,11,13H,10,12H2,1-8H3. The van der Waals surface area contributed by atoms with E-state index in [4.69, 9.17) is 9.16 Å². The molecule has 0 aliphatic carbocycles. The predicted octanol–water partition coefficient (Wildman–Crippen LogP) is 4.53. The van der Waals surface area contributed by atoms with Gasteiger partial charge in [-0.2, -0.15) is 0 Å². The number of hydrogen-bond donors (Lipinski definition) is 0. The van der Waals surface area contributed by atoms with Gasteiger partial charge >= 0.3 is 6.09 Å². The summed E-state index contributed by atoms with van der Waals surface area (Å²) in [6.45, 7) is 17.3. The normalized spacial score (nSPS) is 20.0. The Morgan fingerprint density at radius 2 is 1.81 bits per heavy atom. The molecule has 1 aliphatic rings. The average molecular weight is 314 g/mol. The molecule has 1 unspecified atom stereocenters. The molecule has 0 saturated carbocycles. The number of amides is 1. The third-order valence-electron chi connectivity index (χ3n) is 4.11. The van der Waals surface area contributed by atoms with Crippen LogP contribution in [0.1, 0.15) is 48.0 Å². The van der Waals surface area contributed by atoms with Crippen LogP contribution in [0.4, 0.5) is 4.79 Å². The molecule has 0 fully saturated rings. The molecule has 0 spiro atoms. The summed E-state index contributed by atoms with van der Waals surface area (Å²) in [6, 6.07) is 0.0500. The van der Waals surface area contributed by atoms with Crippen molar-refractivity contribution >= 4 is 14.4 Å². The Balaban J connectivity index is 2.62. The molecule has 122 valence electrons. The summed E-state index contributed by atoms with van der Waals surface area (Å²) < 4.78 is 11.7. The van der Waals surface area contributed by atoms with Crippen LogP contribution < -0.4 is 0 Å². The largest absolute Gasteiger partial charge is 0.443 e. The van der Waals surface area contributed by atoms with E-state index in [1.807, 2.05) is 33.0 Å². The van der Waals surface area contributed by atoms with Crippen molar-refractivity contribution in [3.05, 3.63) is 12.3 Å². The Bertz CT molecular complexity index is 405. The maximum Gasteiger partial charge on any atom is 0.414 e. The summed E-state index contributed by atoms with van der Waals surface area (Å²) >= 11 is 0. The number of carbonyl (C=O) groups is 1. The molecule has 0 aromatic carbocycles. The highest BCUT2D eigenvalue weighted by atomic mass is 28.4. The van der Waals surface area contributed by atoms with Crippen molar-refractivity contribution in [1.29, 1.82) is 0 Å². The van der Waals surface area contributed by atoms with Crippen molar-refractivity contribution in [2.45, 2.75) is 77.7 Å². The van der Waals surface area contributed by atoms with Crippen molar-refractivity contribution in [1.82, 2.24) is 4.90 Å². The van der Waals surface area contributed by atoms with Crippen LogP contribution in [0.25, 0.3) is 0 Å². The van der Waals surface area contributed by atoms with Crippen LogP contribution in [0.2, 0.25) is 18.1 Å². The predicted molar refractivity (Wildman–Crippen MR) is 88.8 cm³/mol. The maximum absolute atomic E-state index is 12.2. The van der Waals surface area contributed by atoms with Gasteiger partial charge < -0.3 is 9.16 Å². The lowest BCUT2D eigenvalue weighted by atomic mass is 10.2. The van der Waals surface area contributed by atoms with Crippen molar-refractivity contribution < 1.29 is 14.0 Å². The van der Waals surface area contributed by atoms with E-state index in [0.29, 0.717) is 6.61 Å². The highest BCUT2D eigenvalue weighted by Crippen LogP contribution is 2.37. The molecule has 1 amide bonds. The van der Waals surface area contributed by atoms with Gasteiger partial charge in [0.1, 0.15) is 5.60 Å². The van der Waals surface area contributed by atoms with Gasteiger partial charge in [0, 0.05) is 6.20 Å². The molecule has 0 aromatic rings. The quantitative estimate of drug-likeness (QED) is 0.718. The van der Waals surface area contributed by atoms with Crippen molar-refractivity contribution in [2.75, 3.05) is 6.61 Å². The summed E-state index contributed by atoms with van der Waals surface area (Å²) in [6.07, 6.45) is 4.35. The Kier molecular flexibility index (Phi) is 5.32. The van der Waals surface area contributed by atoms with Crippen LogP contribution in [0.15, 0.2) is 12.3 Å². The van der Waals surface area contributed by atoms with Crippen LogP contribution in [-0.2, 0) is 9.16 Å². The van der Waals surface area contributed by atoms with E-state index >= 15 is 0 Å². The first-order valence-corrected chi connectivity index (χ1v) is 10.6. The Morgan fingerprint density at radius 3 is 2.29 bits per heavy atom. The number of hydrogen-bond acceptors (Lipinski definition) is 3. The molecule has 0 saturated heterocycles. The van der Waals surface area contributed by atoms with E-state index in [1.54, 1.807) is 4.90 Å². The smallest absolute Gasteiger partial charge is 0.414 e. The summed E-state index contributed by atoms with van der Waals surface area (Å²) in [5.41, 5.74) is -0.474. The molecule has 0 bridgehead atoms. The number of carbonyl (C=O) groups excluding carboxylic acids is 1. The number of rotatable bonds is 3. The average Bonchev–Trinajstić information content (AvgIpc) is 2.70. The second-order valence-electron chi connectivity index (χ2n) is 8.23. The molecule has 0 N–H and O–H groups in total. The first-order chi connectivity index (χ1) is 9.33. The fraction of sp³-hybridized carbons (Fsp3) is 0.812. The molecule has 1 rings (SSSR count). The third-order valence-corrected chi connectivity index (χ3v) is 8.62. The van der Waals surface area contributed by atoms with Gasteiger partial charge in [-0.15, -0.1) is 0 Å². The van der Waals surface area contributed by atoms with Gasteiger partial charge in [0.15, 0.2) is 8.32 Å². The van der Waals surface area contributed by atoms with Crippen LogP contribution in [0.3, 0.4) is 0 Å². The van der Waals surface area contributed by atoms with Crippen molar-refractivity contribution in [3.8, 4) is 0 Å². The van der Waals surface area contributed by atoms with Gasteiger partial charge in [-0.3, -0.25) is 4.90 Å². The van der Waals surface area contributed by atoms with Gasteiger partial charge in [0.05, 0.1) is 12.6 Å². The van der Waals surface area contributed by atoms with Gasteiger partial charge in [-0.05, 0) is 45.3 Å². The highest BCUT2D eigenvalue weighted by molar-refractivity contribution is 6.74. The zero-order valence-electron chi connectivity index (χ0n) is 14.8. The minimum Gasteiger partial charge on any atom is -0.443 e. The Morgan fingerprint density at radius 1 is 1.24 bits per heavy atom. The first-order valence-electron chi connectivity index (χ1n) is 7.65. The molecule has 21 heavy (non-hydrogen) atoms. The summed E-state index contributed by atoms with van der Waals surface area (Å²) in [4.78, 5) is 13.9. The van der Waals surface area contributed by atoms with E-state index in [0.717, 1.165) is 6.42 Å². The van der Waals surface area contributed by atoms with E-state index in [9.17, 15) is 4.79 Å². The van der Waals surface area contributed by atoms with Crippen molar-refractivity contribution in [3.63, 3.8) is 0 Å². The lowest BCUT2D eigenvalue weighted by Gasteiger charge is -2.38. The molecule has 4 nitrogen and oxygen atoms in total. The minimum absolute atomic E-state index is 0.0500. The van der Waals surface area contributed by atoms with E-state index in [1.165, 1.54) is 0 Å². The van der Waals surface area contributed by atoms with Crippen molar-refractivity contribution in [2.24, 2.45) is 0 Å². The molecular weight excluding hydrogens is 282 g/mol. The zero-order valence-corrected chi connectivity index (χ0v) is 15.8. The lowest BCUT2D eigenvalue weighted by molar-refractivity contribution is 0.0246. The Hall–Kier alpha value is -0.813. The third kappa shape index (κ3) is 5.15. The zero-order chi connectivity index (χ0) is 16.5. The topological polar surface area (TPSA) is 38.8 Å². The number of ether oxygens (including phenoxy) is 1. The fourth-order valence-electron chi connectivity index (χ4n) is 1.76. The fourth-order valence-corrected chi connectivity index (χ4v) is 2.80. The summed E-state index contributed by atoms with van der Waals surface area (Å²) in [7, 11) is -1.79. The van der Waals surface area contributed by atoms with Crippen LogP contribution in [0.5, 0.6) is 0 Å². The second-order valence-corrected chi connectivity index (χ2v) is 13.0.